The Kier molecular flexibility index (Phi) is 5.29. The van der Waals surface area contributed by atoms with E-state index in [2.05, 4.69) is 10.0 Å². The highest BCUT2D eigenvalue weighted by atomic mass is 32.2. The van der Waals surface area contributed by atoms with E-state index in [0.717, 1.165) is 12.1 Å². The van der Waals surface area contributed by atoms with Crippen LogP contribution in [0.2, 0.25) is 0 Å². The molecule has 9 nitrogen and oxygen atoms in total. The van der Waals surface area contributed by atoms with E-state index in [9.17, 15) is 18.5 Å². The van der Waals surface area contributed by atoms with Crippen LogP contribution in [0.1, 0.15) is 0 Å². The Bertz CT molecular complexity index is 642. The Morgan fingerprint density at radius 2 is 2.32 bits per heavy atom. The third-order valence-electron chi connectivity index (χ3n) is 3.16. The van der Waals surface area contributed by atoms with Gasteiger partial charge >= 0.3 is 0 Å². The molecule has 1 aromatic rings. The van der Waals surface area contributed by atoms with Gasteiger partial charge in [0.2, 0.25) is 10.0 Å². The summed E-state index contributed by atoms with van der Waals surface area (Å²) in [5.74, 6) is 0.213. The highest BCUT2D eigenvalue weighted by molar-refractivity contribution is 7.89. The van der Waals surface area contributed by atoms with Crippen molar-refractivity contribution in [1.82, 2.24) is 10.0 Å². The van der Waals surface area contributed by atoms with E-state index in [0.29, 0.717) is 19.7 Å². The number of nitro benzene ring substituents is 1. The summed E-state index contributed by atoms with van der Waals surface area (Å²) < 4.78 is 37.1. The van der Waals surface area contributed by atoms with Gasteiger partial charge in [0.1, 0.15) is 5.75 Å². The number of sulfonamides is 1. The van der Waals surface area contributed by atoms with E-state index in [1.807, 2.05) is 0 Å². The van der Waals surface area contributed by atoms with E-state index >= 15 is 0 Å². The van der Waals surface area contributed by atoms with Crippen molar-refractivity contribution in [2.24, 2.45) is 0 Å². The fraction of sp³-hybridized carbons (Fsp3) is 0.500. The molecule has 0 amide bonds. The molecule has 1 aliphatic rings. The molecule has 0 spiro atoms. The topological polar surface area (TPSA) is 120 Å². The van der Waals surface area contributed by atoms with Gasteiger partial charge in [-0.15, -0.1) is 0 Å². The second kappa shape index (κ2) is 7.01. The first-order chi connectivity index (χ1) is 10.4. The minimum Gasteiger partial charge on any atom is -0.497 e. The molecule has 122 valence electrons. The smallest absolute Gasteiger partial charge is 0.293 e. The number of benzene rings is 1. The standard InChI is InChI=1S/C12H17N3O6S/c1-20-9-2-3-12(11(6-9)15(16)17)22(18,19)14-8-10-7-13-4-5-21-10/h2-3,6,10,13-14H,4-5,7-8H2,1H3. The van der Waals surface area contributed by atoms with Gasteiger partial charge in [-0.2, -0.15) is 0 Å². The van der Waals surface area contributed by atoms with Gasteiger partial charge in [-0.3, -0.25) is 10.1 Å². The summed E-state index contributed by atoms with van der Waals surface area (Å²) in [5.41, 5.74) is -0.533. The number of nitrogens with zero attached hydrogens (tertiary/aromatic N) is 1. The number of nitro groups is 1. The molecule has 1 atom stereocenters. The van der Waals surface area contributed by atoms with E-state index in [4.69, 9.17) is 9.47 Å². The molecular formula is C12H17N3O6S. The Labute approximate surface area is 127 Å². The molecule has 2 N–H and O–H groups in total. The predicted molar refractivity (Wildman–Crippen MR) is 77.4 cm³/mol. The Balaban J connectivity index is 2.19. The van der Waals surface area contributed by atoms with Crippen LogP contribution in [0.25, 0.3) is 0 Å². The van der Waals surface area contributed by atoms with Gasteiger partial charge in [0.05, 0.1) is 30.8 Å². The van der Waals surface area contributed by atoms with Crippen LogP contribution < -0.4 is 14.8 Å². The number of rotatable bonds is 6. The maximum atomic E-state index is 12.3. The summed E-state index contributed by atoms with van der Waals surface area (Å²) in [6.45, 7) is 1.77. The van der Waals surface area contributed by atoms with Crippen molar-refractivity contribution >= 4 is 15.7 Å². The molecule has 0 aromatic heterocycles. The minimum absolute atomic E-state index is 0.0402. The molecule has 22 heavy (non-hydrogen) atoms. The number of hydrogen-bond donors (Lipinski definition) is 2. The van der Waals surface area contributed by atoms with E-state index in [1.54, 1.807) is 0 Å². The third kappa shape index (κ3) is 3.91. The van der Waals surface area contributed by atoms with Crippen molar-refractivity contribution in [2.75, 3.05) is 33.4 Å². The second-order valence-corrected chi connectivity index (χ2v) is 6.37. The van der Waals surface area contributed by atoms with Crippen LogP contribution in [0.3, 0.4) is 0 Å². The lowest BCUT2D eigenvalue weighted by atomic mass is 10.3. The average molecular weight is 331 g/mol. The van der Waals surface area contributed by atoms with Crippen LogP contribution in [0.5, 0.6) is 5.75 Å². The lowest BCUT2D eigenvalue weighted by Crippen LogP contribution is -2.45. The molecule has 0 saturated carbocycles. The van der Waals surface area contributed by atoms with Crippen molar-refractivity contribution in [3.05, 3.63) is 28.3 Å². The minimum atomic E-state index is -4.02. The zero-order chi connectivity index (χ0) is 16.2. The fourth-order valence-electron chi connectivity index (χ4n) is 2.03. The SMILES string of the molecule is COc1ccc(S(=O)(=O)NCC2CNCCO2)c([N+](=O)[O-])c1. The fourth-order valence-corrected chi connectivity index (χ4v) is 3.24. The summed E-state index contributed by atoms with van der Waals surface area (Å²) >= 11 is 0. The molecule has 0 radical (unpaired) electrons. The number of ether oxygens (including phenoxy) is 2. The van der Waals surface area contributed by atoms with E-state index in [1.165, 1.54) is 13.2 Å². The van der Waals surface area contributed by atoms with Gasteiger partial charge in [0, 0.05) is 19.6 Å². The first-order valence-electron chi connectivity index (χ1n) is 6.58. The van der Waals surface area contributed by atoms with Crippen molar-refractivity contribution in [1.29, 1.82) is 0 Å². The van der Waals surface area contributed by atoms with Gasteiger partial charge in [-0.25, -0.2) is 13.1 Å². The molecule has 0 aliphatic carbocycles. The zero-order valence-corrected chi connectivity index (χ0v) is 12.8. The van der Waals surface area contributed by atoms with Crippen LogP contribution in [0.15, 0.2) is 23.1 Å². The Hall–Kier alpha value is -1.75. The van der Waals surface area contributed by atoms with Gasteiger partial charge < -0.3 is 14.8 Å². The highest BCUT2D eigenvalue weighted by Gasteiger charge is 2.27. The summed E-state index contributed by atoms with van der Waals surface area (Å²) in [4.78, 5) is 9.91. The Morgan fingerprint density at radius 3 is 2.91 bits per heavy atom. The molecule has 1 unspecified atom stereocenters. The van der Waals surface area contributed by atoms with Crippen LogP contribution in [-0.2, 0) is 14.8 Å². The quantitative estimate of drug-likeness (QED) is 0.550. The number of hydrogen-bond acceptors (Lipinski definition) is 7. The molecular weight excluding hydrogens is 314 g/mol. The van der Waals surface area contributed by atoms with Crippen molar-refractivity contribution < 1.29 is 22.8 Å². The summed E-state index contributed by atoms with van der Waals surface area (Å²) in [6.07, 6.45) is -0.305. The normalized spacial score (nSPS) is 18.9. The lowest BCUT2D eigenvalue weighted by Gasteiger charge is -2.23. The largest absolute Gasteiger partial charge is 0.497 e. The molecule has 1 fully saturated rings. The van der Waals surface area contributed by atoms with Crippen LogP contribution >= 0.6 is 0 Å². The summed E-state index contributed by atoms with van der Waals surface area (Å²) in [7, 11) is -2.67. The molecule has 10 heteroatoms. The van der Waals surface area contributed by atoms with Gasteiger partial charge in [0.25, 0.3) is 5.69 Å². The average Bonchev–Trinajstić information content (AvgIpc) is 2.53. The highest BCUT2D eigenvalue weighted by Crippen LogP contribution is 2.28. The first kappa shape index (κ1) is 16.6. The second-order valence-electron chi connectivity index (χ2n) is 4.64. The van der Waals surface area contributed by atoms with Gasteiger partial charge in [0.15, 0.2) is 4.90 Å². The maximum absolute atomic E-state index is 12.3. The molecule has 0 bridgehead atoms. The lowest BCUT2D eigenvalue weighted by molar-refractivity contribution is -0.387. The molecule has 1 saturated heterocycles. The molecule has 1 aromatic carbocycles. The van der Waals surface area contributed by atoms with E-state index < -0.39 is 25.5 Å². The van der Waals surface area contributed by atoms with Crippen LogP contribution in [-0.4, -0.2) is 52.8 Å². The third-order valence-corrected chi connectivity index (χ3v) is 4.63. The zero-order valence-electron chi connectivity index (χ0n) is 11.9. The molecule has 1 aliphatic heterocycles. The van der Waals surface area contributed by atoms with Crippen molar-refractivity contribution in [3.63, 3.8) is 0 Å². The number of morpholine rings is 1. The number of nitrogens with one attached hydrogen (secondary N) is 2. The van der Waals surface area contributed by atoms with Gasteiger partial charge in [-0.05, 0) is 12.1 Å². The molecule has 2 rings (SSSR count). The molecule has 1 heterocycles. The summed E-state index contributed by atoms with van der Waals surface area (Å²) in [6, 6.07) is 3.59. The first-order valence-corrected chi connectivity index (χ1v) is 8.07. The Morgan fingerprint density at radius 1 is 1.55 bits per heavy atom. The van der Waals surface area contributed by atoms with Crippen LogP contribution in [0, 0.1) is 10.1 Å². The number of methoxy groups -OCH3 is 1. The summed E-state index contributed by atoms with van der Waals surface area (Å²) in [5, 5.41) is 14.1. The predicted octanol–water partition coefficient (Wildman–Crippen LogP) is -0.130. The maximum Gasteiger partial charge on any atom is 0.293 e. The van der Waals surface area contributed by atoms with Crippen LogP contribution in [0.4, 0.5) is 5.69 Å². The van der Waals surface area contributed by atoms with Gasteiger partial charge in [-0.1, -0.05) is 0 Å². The van der Waals surface area contributed by atoms with E-state index in [-0.39, 0.29) is 18.4 Å². The van der Waals surface area contributed by atoms with Crippen molar-refractivity contribution in [3.8, 4) is 5.75 Å². The van der Waals surface area contributed by atoms with Crippen molar-refractivity contribution in [2.45, 2.75) is 11.0 Å². The monoisotopic (exact) mass is 331 g/mol.